The minimum absolute atomic E-state index is 0.295. The van der Waals surface area contributed by atoms with Gasteiger partial charge in [0, 0.05) is 12.7 Å². The summed E-state index contributed by atoms with van der Waals surface area (Å²) >= 11 is 1.18. The number of benzene rings is 2. The summed E-state index contributed by atoms with van der Waals surface area (Å²) in [5.74, 6) is -0.734. The van der Waals surface area contributed by atoms with Gasteiger partial charge in [0.15, 0.2) is 11.0 Å². The van der Waals surface area contributed by atoms with Crippen LogP contribution in [0.4, 0.5) is 14.5 Å². The van der Waals surface area contributed by atoms with Crippen molar-refractivity contribution in [3.63, 3.8) is 0 Å². The van der Waals surface area contributed by atoms with E-state index in [-0.39, 0.29) is 5.91 Å². The maximum Gasteiger partial charge on any atom is 0.237 e. The molecule has 0 fully saturated rings. The lowest BCUT2D eigenvalue weighted by molar-refractivity contribution is -0.115. The van der Waals surface area contributed by atoms with E-state index in [1.807, 2.05) is 0 Å². The van der Waals surface area contributed by atoms with Crippen LogP contribution >= 0.6 is 11.8 Å². The lowest BCUT2D eigenvalue weighted by Crippen LogP contribution is -2.22. The van der Waals surface area contributed by atoms with Crippen molar-refractivity contribution in [2.24, 2.45) is 7.05 Å². The molecule has 0 radical (unpaired) electrons. The first-order chi connectivity index (χ1) is 12.5. The van der Waals surface area contributed by atoms with E-state index in [1.54, 1.807) is 42.8 Å². The fraction of sp³-hybridized carbons (Fsp3) is 0.167. The number of amides is 1. The van der Waals surface area contributed by atoms with E-state index in [0.29, 0.717) is 22.2 Å². The zero-order chi connectivity index (χ0) is 18.7. The SMILES string of the molecule is C[C@@H](Sc1nnc(-c2ccccc2F)n1C)C(=O)Nc1cccc(F)c1. The molecular formula is C18H16F2N4OS. The van der Waals surface area contributed by atoms with Gasteiger partial charge in [-0.3, -0.25) is 4.79 Å². The van der Waals surface area contributed by atoms with Crippen molar-refractivity contribution in [1.29, 1.82) is 0 Å². The number of halogens is 2. The Balaban J connectivity index is 1.73. The van der Waals surface area contributed by atoms with Gasteiger partial charge in [-0.25, -0.2) is 8.78 Å². The summed E-state index contributed by atoms with van der Waals surface area (Å²) in [7, 11) is 1.71. The second-order valence-corrected chi connectivity index (χ2v) is 6.91. The molecule has 2 aromatic carbocycles. The molecule has 134 valence electrons. The van der Waals surface area contributed by atoms with Crippen LogP contribution in [0.1, 0.15) is 6.92 Å². The van der Waals surface area contributed by atoms with Crippen molar-refractivity contribution in [3.05, 3.63) is 60.2 Å². The first-order valence-electron chi connectivity index (χ1n) is 7.83. The van der Waals surface area contributed by atoms with Gasteiger partial charge in [-0.05, 0) is 37.3 Å². The summed E-state index contributed by atoms with van der Waals surface area (Å²) in [4.78, 5) is 12.3. The molecule has 1 aromatic heterocycles. The standard InChI is InChI=1S/C18H16F2N4OS/c1-11(17(25)21-13-7-5-6-12(19)10-13)26-18-23-22-16(24(18)2)14-8-3-4-9-15(14)20/h3-11H,1-2H3,(H,21,25)/t11-/m1/s1. The third-order valence-corrected chi connectivity index (χ3v) is 4.83. The number of thioether (sulfide) groups is 1. The highest BCUT2D eigenvalue weighted by molar-refractivity contribution is 8.00. The van der Waals surface area contributed by atoms with E-state index in [9.17, 15) is 13.6 Å². The predicted octanol–water partition coefficient (Wildman–Crippen LogP) is 3.88. The number of nitrogens with one attached hydrogen (secondary N) is 1. The van der Waals surface area contributed by atoms with Crippen molar-refractivity contribution in [2.75, 3.05) is 5.32 Å². The summed E-state index contributed by atoms with van der Waals surface area (Å²) in [6, 6.07) is 12.0. The Bertz CT molecular complexity index is 944. The number of hydrogen-bond donors (Lipinski definition) is 1. The molecule has 8 heteroatoms. The molecule has 3 aromatic rings. The molecule has 0 saturated carbocycles. The third kappa shape index (κ3) is 3.91. The maximum atomic E-state index is 13.9. The van der Waals surface area contributed by atoms with Crippen LogP contribution in [0.15, 0.2) is 53.7 Å². The smallest absolute Gasteiger partial charge is 0.237 e. The number of nitrogens with zero attached hydrogens (tertiary/aromatic N) is 3. The van der Waals surface area contributed by atoms with Crippen molar-refractivity contribution in [3.8, 4) is 11.4 Å². The summed E-state index contributed by atoms with van der Waals surface area (Å²) in [5, 5.41) is 10.7. The van der Waals surface area contributed by atoms with E-state index in [1.165, 1.54) is 36.0 Å². The van der Waals surface area contributed by atoms with Gasteiger partial charge in [-0.1, -0.05) is 30.0 Å². The molecule has 26 heavy (non-hydrogen) atoms. The number of carbonyl (C=O) groups excluding carboxylic acids is 1. The Morgan fingerprint density at radius 3 is 2.65 bits per heavy atom. The second-order valence-electron chi connectivity index (χ2n) is 5.60. The number of aromatic nitrogens is 3. The van der Waals surface area contributed by atoms with Gasteiger partial charge >= 0.3 is 0 Å². The highest BCUT2D eigenvalue weighted by Gasteiger charge is 2.20. The van der Waals surface area contributed by atoms with Gasteiger partial charge < -0.3 is 9.88 Å². The average Bonchev–Trinajstić information content (AvgIpc) is 2.96. The van der Waals surface area contributed by atoms with E-state index in [2.05, 4.69) is 15.5 Å². The van der Waals surface area contributed by atoms with Gasteiger partial charge in [0.1, 0.15) is 11.6 Å². The second kappa shape index (κ2) is 7.65. The molecule has 0 aliphatic rings. The Kier molecular flexibility index (Phi) is 5.32. The van der Waals surface area contributed by atoms with Crippen LogP contribution in [0.2, 0.25) is 0 Å². The molecule has 5 nitrogen and oxygen atoms in total. The summed E-state index contributed by atoms with van der Waals surface area (Å²) in [6.45, 7) is 1.71. The number of carbonyl (C=O) groups is 1. The van der Waals surface area contributed by atoms with Crippen molar-refractivity contribution >= 4 is 23.4 Å². The quantitative estimate of drug-likeness (QED) is 0.689. The molecular weight excluding hydrogens is 358 g/mol. The number of rotatable bonds is 5. The number of hydrogen-bond acceptors (Lipinski definition) is 4. The highest BCUT2D eigenvalue weighted by atomic mass is 32.2. The fourth-order valence-corrected chi connectivity index (χ4v) is 3.13. The van der Waals surface area contributed by atoms with E-state index in [4.69, 9.17) is 0 Å². The minimum atomic E-state index is -0.505. The molecule has 0 saturated heterocycles. The Morgan fingerprint density at radius 1 is 1.15 bits per heavy atom. The Hall–Kier alpha value is -2.74. The van der Waals surface area contributed by atoms with Crippen molar-refractivity contribution in [2.45, 2.75) is 17.3 Å². The predicted molar refractivity (Wildman–Crippen MR) is 96.7 cm³/mol. The summed E-state index contributed by atoms with van der Waals surface area (Å²) < 4.78 is 28.8. The van der Waals surface area contributed by atoms with Crippen LogP contribution in [0.3, 0.4) is 0 Å². The largest absolute Gasteiger partial charge is 0.325 e. The average molecular weight is 374 g/mol. The van der Waals surface area contributed by atoms with E-state index < -0.39 is 16.9 Å². The van der Waals surface area contributed by atoms with Gasteiger partial charge in [0.25, 0.3) is 0 Å². The van der Waals surface area contributed by atoms with Crippen LogP contribution in [-0.2, 0) is 11.8 Å². The first kappa shape index (κ1) is 18.1. The normalized spacial score (nSPS) is 12.0. The molecule has 0 spiro atoms. The van der Waals surface area contributed by atoms with Crippen LogP contribution in [0.5, 0.6) is 0 Å². The van der Waals surface area contributed by atoms with Crippen LogP contribution in [0, 0.1) is 11.6 Å². The third-order valence-electron chi connectivity index (χ3n) is 3.69. The molecule has 1 heterocycles. The van der Waals surface area contributed by atoms with Crippen LogP contribution < -0.4 is 5.32 Å². The molecule has 1 amide bonds. The lowest BCUT2D eigenvalue weighted by Gasteiger charge is -2.12. The zero-order valence-corrected chi connectivity index (χ0v) is 14.9. The summed E-state index contributed by atoms with van der Waals surface area (Å²) in [5.41, 5.74) is 0.721. The lowest BCUT2D eigenvalue weighted by atomic mass is 10.2. The number of anilines is 1. The van der Waals surface area contributed by atoms with E-state index in [0.717, 1.165) is 0 Å². The van der Waals surface area contributed by atoms with Gasteiger partial charge in [-0.2, -0.15) is 0 Å². The monoisotopic (exact) mass is 374 g/mol. The topological polar surface area (TPSA) is 59.8 Å². The molecule has 0 bridgehead atoms. The molecule has 0 unspecified atom stereocenters. The van der Waals surface area contributed by atoms with Gasteiger partial charge in [0.05, 0.1) is 10.8 Å². The zero-order valence-electron chi connectivity index (χ0n) is 14.1. The van der Waals surface area contributed by atoms with Crippen LogP contribution in [0.25, 0.3) is 11.4 Å². The van der Waals surface area contributed by atoms with Gasteiger partial charge in [0.2, 0.25) is 5.91 Å². The van der Waals surface area contributed by atoms with Crippen molar-refractivity contribution < 1.29 is 13.6 Å². The van der Waals surface area contributed by atoms with Gasteiger partial charge in [-0.15, -0.1) is 10.2 Å². The Labute approximate surface area is 153 Å². The molecule has 1 atom stereocenters. The van der Waals surface area contributed by atoms with E-state index >= 15 is 0 Å². The Morgan fingerprint density at radius 2 is 1.92 bits per heavy atom. The fourth-order valence-electron chi connectivity index (χ4n) is 2.32. The van der Waals surface area contributed by atoms with Crippen molar-refractivity contribution in [1.82, 2.24) is 14.8 Å². The highest BCUT2D eigenvalue weighted by Crippen LogP contribution is 2.27. The molecule has 0 aliphatic heterocycles. The molecule has 3 rings (SSSR count). The summed E-state index contributed by atoms with van der Waals surface area (Å²) in [6.07, 6.45) is 0. The minimum Gasteiger partial charge on any atom is -0.325 e. The first-order valence-corrected chi connectivity index (χ1v) is 8.71. The maximum absolute atomic E-state index is 13.9. The molecule has 1 N–H and O–H groups in total. The van der Waals surface area contributed by atoms with Crippen LogP contribution in [-0.4, -0.2) is 25.9 Å². The molecule has 0 aliphatic carbocycles.